The molecule has 0 saturated heterocycles. The average Bonchev–Trinajstić information content (AvgIpc) is 3.03. The Balaban J connectivity index is 1.80. The van der Waals surface area contributed by atoms with Gasteiger partial charge in [0.15, 0.2) is 0 Å². The van der Waals surface area contributed by atoms with Crippen molar-refractivity contribution in [2.45, 2.75) is 11.8 Å². The first-order valence-electron chi connectivity index (χ1n) is 6.56. The minimum Gasteiger partial charge on any atom is -0.468 e. The SMILES string of the molecule is O=C(/C=C/SCc1ccco1)N[C@H](CO)c1ccccc1. The van der Waals surface area contributed by atoms with Crippen LogP contribution < -0.4 is 5.32 Å². The monoisotopic (exact) mass is 303 g/mol. The van der Waals surface area contributed by atoms with E-state index in [9.17, 15) is 9.90 Å². The van der Waals surface area contributed by atoms with E-state index in [-0.39, 0.29) is 12.5 Å². The number of benzene rings is 1. The fourth-order valence-electron chi connectivity index (χ4n) is 1.77. The van der Waals surface area contributed by atoms with E-state index < -0.39 is 6.04 Å². The number of furan rings is 1. The van der Waals surface area contributed by atoms with Gasteiger partial charge in [0.1, 0.15) is 5.76 Å². The fourth-order valence-corrected chi connectivity index (χ4v) is 2.42. The minimum absolute atomic E-state index is 0.136. The number of aliphatic hydroxyl groups is 1. The van der Waals surface area contributed by atoms with Crippen LogP contribution in [0.4, 0.5) is 0 Å². The van der Waals surface area contributed by atoms with Gasteiger partial charge in [-0.1, -0.05) is 30.3 Å². The number of carbonyl (C=O) groups excluding carboxylic acids is 1. The summed E-state index contributed by atoms with van der Waals surface area (Å²) in [6.45, 7) is -0.136. The van der Waals surface area contributed by atoms with Gasteiger partial charge in [0.2, 0.25) is 5.91 Å². The van der Waals surface area contributed by atoms with Crippen molar-refractivity contribution in [3.8, 4) is 0 Å². The molecule has 4 nitrogen and oxygen atoms in total. The molecule has 2 N–H and O–H groups in total. The van der Waals surface area contributed by atoms with Gasteiger partial charge in [-0.3, -0.25) is 4.79 Å². The molecule has 2 aromatic rings. The molecular formula is C16H17NO3S. The molecule has 110 valence electrons. The molecule has 0 aliphatic carbocycles. The molecule has 0 unspecified atom stereocenters. The second kappa shape index (κ2) is 8.34. The van der Waals surface area contributed by atoms with Crippen LogP contribution in [0, 0.1) is 0 Å². The van der Waals surface area contributed by atoms with E-state index in [0.29, 0.717) is 5.75 Å². The highest BCUT2D eigenvalue weighted by atomic mass is 32.2. The summed E-state index contributed by atoms with van der Waals surface area (Å²) in [5, 5.41) is 13.9. The highest BCUT2D eigenvalue weighted by Gasteiger charge is 2.11. The quantitative estimate of drug-likeness (QED) is 0.772. The highest BCUT2D eigenvalue weighted by Crippen LogP contribution is 2.14. The molecule has 1 aromatic carbocycles. The summed E-state index contributed by atoms with van der Waals surface area (Å²) < 4.78 is 5.19. The van der Waals surface area contributed by atoms with Gasteiger partial charge in [-0.2, -0.15) is 0 Å². The second-order valence-corrected chi connectivity index (χ2v) is 5.24. The van der Waals surface area contributed by atoms with Crippen molar-refractivity contribution < 1.29 is 14.3 Å². The zero-order valence-corrected chi connectivity index (χ0v) is 12.3. The van der Waals surface area contributed by atoms with E-state index in [1.807, 2.05) is 42.5 Å². The molecule has 1 aromatic heterocycles. The first-order valence-corrected chi connectivity index (χ1v) is 7.61. The van der Waals surface area contributed by atoms with Crippen LogP contribution in [-0.4, -0.2) is 17.6 Å². The molecule has 0 spiro atoms. The zero-order chi connectivity index (χ0) is 14.9. The van der Waals surface area contributed by atoms with Gasteiger partial charge in [-0.25, -0.2) is 0 Å². The maximum Gasteiger partial charge on any atom is 0.245 e. The lowest BCUT2D eigenvalue weighted by atomic mass is 10.1. The normalized spacial score (nSPS) is 12.4. The standard InChI is InChI=1S/C16H17NO3S/c18-11-15(13-5-2-1-3-6-13)17-16(19)8-10-21-12-14-7-4-9-20-14/h1-10,15,18H,11-12H2,(H,17,19)/b10-8+/t15-/m1/s1. The number of amides is 1. The van der Waals surface area contributed by atoms with E-state index in [0.717, 1.165) is 11.3 Å². The highest BCUT2D eigenvalue weighted by molar-refractivity contribution is 8.01. The summed E-state index contributed by atoms with van der Waals surface area (Å²) in [7, 11) is 0. The van der Waals surface area contributed by atoms with Crippen LogP contribution in [0.5, 0.6) is 0 Å². The zero-order valence-electron chi connectivity index (χ0n) is 11.4. The van der Waals surface area contributed by atoms with Gasteiger partial charge in [0.25, 0.3) is 0 Å². The van der Waals surface area contributed by atoms with Crippen LogP contribution in [-0.2, 0) is 10.5 Å². The van der Waals surface area contributed by atoms with E-state index in [2.05, 4.69) is 5.32 Å². The number of rotatable bonds is 7. The maximum absolute atomic E-state index is 11.8. The largest absolute Gasteiger partial charge is 0.468 e. The van der Waals surface area contributed by atoms with Crippen molar-refractivity contribution in [1.82, 2.24) is 5.32 Å². The summed E-state index contributed by atoms with van der Waals surface area (Å²) in [4.78, 5) is 11.8. The van der Waals surface area contributed by atoms with Gasteiger partial charge >= 0.3 is 0 Å². The Bertz CT molecular complexity index is 566. The van der Waals surface area contributed by atoms with Crippen LogP contribution in [0.3, 0.4) is 0 Å². The Morgan fingerprint density at radius 3 is 2.76 bits per heavy atom. The molecule has 1 atom stereocenters. The van der Waals surface area contributed by atoms with Gasteiger partial charge in [-0.05, 0) is 23.1 Å². The van der Waals surface area contributed by atoms with Gasteiger partial charge in [-0.15, -0.1) is 11.8 Å². The Morgan fingerprint density at radius 2 is 2.10 bits per heavy atom. The van der Waals surface area contributed by atoms with Crippen LogP contribution in [0.15, 0.2) is 64.6 Å². The first-order chi connectivity index (χ1) is 10.3. The molecule has 1 amide bonds. The van der Waals surface area contributed by atoms with E-state index in [1.54, 1.807) is 11.7 Å². The smallest absolute Gasteiger partial charge is 0.245 e. The Kier molecular flexibility index (Phi) is 6.12. The third-order valence-electron chi connectivity index (χ3n) is 2.82. The summed E-state index contributed by atoms with van der Waals surface area (Å²) >= 11 is 1.47. The molecule has 2 rings (SSSR count). The Hall–Kier alpha value is -1.98. The van der Waals surface area contributed by atoms with Crippen molar-refractivity contribution in [2.75, 3.05) is 6.61 Å². The molecule has 0 aliphatic rings. The molecule has 1 heterocycles. The molecule has 0 saturated carbocycles. The molecular weight excluding hydrogens is 286 g/mol. The Morgan fingerprint density at radius 1 is 1.29 bits per heavy atom. The lowest BCUT2D eigenvalue weighted by Gasteiger charge is -2.15. The molecule has 5 heteroatoms. The molecule has 0 bridgehead atoms. The Labute approximate surface area is 127 Å². The topological polar surface area (TPSA) is 62.5 Å². The van der Waals surface area contributed by atoms with Crippen LogP contribution in [0.1, 0.15) is 17.4 Å². The summed E-state index contributed by atoms with van der Waals surface area (Å²) in [6, 6.07) is 12.7. The number of carbonyl (C=O) groups is 1. The average molecular weight is 303 g/mol. The summed E-state index contributed by atoms with van der Waals surface area (Å²) in [6.07, 6.45) is 3.08. The number of hydrogen-bond donors (Lipinski definition) is 2. The van der Waals surface area contributed by atoms with Crippen LogP contribution in [0.25, 0.3) is 0 Å². The van der Waals surface area contributed by atoms with Crippen molar-refractivity contribution in [3.63, 3.8) is 0 Å². The van der Waals surface area contributed by atoms with Crippen LogP contribution >= 0.6 is 11.8 Å². The van der Waals surface area contributed by atoms with E-state index in [1.165, 1.54) is 17.8 Å². The fraction of sp³-hybridized carbons (Fsp3) is 0.188. The lowest BCUT2D eigenvalue weighted by Crippen LogP contribution is -2.29. The minimum atomic E-state index is -0.390. The number of aliphatic hydroxyl groups excluding tert-OH is 1. The van der Waals surface area contributed by atoms with Crippen molar-refractivity contribution in [1.29, 1.82) is 0 Å². The lowest BCUT2D eigenvalue weighted by molar-refractivity contribution is -0.117. The predicted octanol–water partition coefficient (Wildman–Crippen LogP) is 2.88. The van der Waals surface area contributed by atoms with Gasteiger partial charge < -0.3 is 14.8 Å². The summed E-state index contributed by atoms with van der Waals surface area (Å²) in [5.41, 5.74) is 0.880. The third kappa shape index (κ3) is 5.13. The maximum atomic E-state index is 11.8. The number of thioether (sulfide) groups is 1. The third-order valence-corrected chi connectivity index (χ3v) is 3.60. The van der Waals surface area contributed by atoms with E-state index >= 15 is 0 Å². The van der Waals surface area contributed by atoms with Crippen LogP contribution in [0.2, 0.25) is 0 Å². The molecule has 0 aliphatic heterocycles. The first kappa shape index (κ1) is 15.4. The number of nitrogens with one attached hydrogen (secondary N) is 1. The molecule has 21 heavy (non-hydrogen) atoms. The molecule has 0 radical (unpaired) electrons. The molecule has 0 fully saturated rings. The number of hydrogen-bond acceptors (Lipinski definition) is 4. The van der Waals surface area contributed by atoms with E-state index in [4.69, 9.17) is 4.42 Å². The second-order valence-electron chi connectivity index (χ2n) is 4.35. The van der Waals surface area contributed by atoms with Crippen molar-refractivity contribution in [3.05, 3.63) is 71.5 Å². The van der Waals surface area contributed by atoms with Crippen molar-refractivity contribution >= 4 is 17.7 Å². The van der Waals surface area contributed by atoms with Crippen molar-refractivity contribution in [2.24, 2.45) is 0 Å². The predicted molar refractivity (Wildman–Crippen MR) is 83.6 cm³/mol. The van der Waals surface area contributed by atoms with Gasteiger partial charge in [0, 0.05) is 6.08 Å². The van der Waals surface area contributed by atoms with Gasteiger partial charge in [0.05, 0.1) is 24.7 Å². The summed E-state index contributed by atoms with van der Waals surface area (Å²) in [5.74, 6) is 1.31.